The van der Waals surface area contributed by atoms with Crippen LogP contribution in [-0.4, -0.2) is 12.1 Å². The van der Waals surface area contributed by atoms with E-state index in [1.165, 1.54) is 51.4 Å². The van der Waals surface area contributed by atoms with Crippen molar-refractivity contribution < 1.29 is 9.53 Å². The van der Waals surface area contributed by atoms with Gasteiger partial charge in [0.05, 0.1) is 5.56 Å². The number of esters is 1. The smallest absolute Gasteiger partial charge is 0.338 e. The minimum Gasteiger partial charge on any atom is -0.459 e. The highest BCUT2D eigenvalue weighted by molar-refractivity contribution is 5.91. The number of fused-ring (bicyclic) bond motifs is 5. The number of hydrogen-bond donors (Lipinski definition) is 2. The molecule has 4 saturated carbocycles. The molecule has 0 aliphatic heterocycles. The largest absolute Gasteiger partial charge is 0.459 e. The number of carbonyl (C=O) groups excluding carboxylic acids is 1. The van der Waals surface area contributed by atoms with E-state index >= 15 is 0 Å². The highest BCUT2D eigenvalue weighted by atomic mass is 16.5. The number of nitrogens with two attached hydrogens (primary N) is 2. The third kappa shape index (κ3) is 3.44. The Balaban J connectivity index is 1.27. The number of ether oxygens (including phenoxy) is 1. The lowest BCUT2D eigenvalue weighted by Gasteiger charge is -2.61. The van der Waals surface area contributed by atoms with Gasteiger partial charge < -0.3 is 16.2 Å². The van der Waals surface area contributed by atoms with Gasteiger partial charge in [-0.15, -0.1) is 0 Å². The second kappa shape index (κ2) is 7.95. The van der Waals surface area contributed by atoms with E-state index in [1.807, 2.05) is 0 Å². The third-order valence-corrected chi connectivity index (χ3v) is 10.8. The molecule has 8 atom stereocenters. The van der Waals surface area contributed by atoms with Crippen molar-refractivity contribution in [3.05, 3.63) is 23.8 Å². The van der Waals surface area contributed by atoms with E-state index in [0.717, 1.165) is 36.5 Å². The van der Waals surface area contributed by atoms with Crippen molar-refractivity contribution in [2.45, 2.75) is 91.1 Å². The number of benzene rings is 1. The average molecular weight is 439 g/mol. The van der Waals surface area contributed by atoms with Crippen LogP contribution >= 0.6 is 0 Å². The van der Waals surface area contributed by atoms with Crippen molar-refractivity contribution in [2.75, 3.05) is 11.5 Å². The summed E-state index contributed by atoms with van der Waals surface area (Å²) in [6.07, 6.45) is 13.0. The van der Waals surface area contributed by atoms with Gasteiger partial charge in [0.15, 0.2) is 0 Å². The molecule has 0 heterocycles. The SMILES string of the molecule is CCC1CCC2C3CCC4CC(OC(=O)c5cc(N)cc(N)c5)CCC4(C)C3CCC12C. The molecule has 0 radical (unpaired) electrons. The second-order valence-corrected chi connectivity index (χ2v) is 12.1. The molecule has 4 fully saturated rings. The number of carbonyl (C=O) groups is 1. The number of hydrogen-bond acceptors (Lipinski definition) is 4. The summed E-state index contributed by atoms with van der Waals surface area (Å²) in [6.45, 7) is 7.62. The second-order valence-electron chi connectivity index (χ2n) is 12.1. The maximum absolute atomic E-state index is 12.8. The Morgan fingerprint density at radius 2 is 1.62 bits per heavy atom. The topological polar surface area (TPSA) is 78.3 Å². The van der Waals surface area contributed by atoms with E-state index in [0.29, 0.717) is 33.7 Å². The van der Waals surface area contributed by atoms with Crippen molar-refractivity contribution in [1.29, 1.82) is 0 Å². The van der Waals surface area contributed by atoms with Crippen LogP contribution in [-0.2, 0) is 4.74 Å². The van der Waals surface area contributed by atoms with Gasteiger partial charge >= 0.3 is 5.97 Å². The Morgan fingerprint density at radius 3 is 2.34 bits per heavy atom. The molecular weight excluding hydrogens is 396 g/mol. The molecule has 0 spiro atoms. The van der Waals surface area contributed by atoms with E-state index in [2.05, 4.69) is 20.8 Å². The molecule has 0 aromatic heterocycles. The van der Waals surface area contributed by atoms with Gasteiger partial charge in [-0.3, -0.25) is 0 Å². The van der Waals surface area contributed by atoms with Crippen LogP contribution in [0.25, 0.3) is 0 Å². The molecule has 0 bridgehead atoms. The monoisotopic (exact) mass is 438 g/mol. The highest BCUT2D eigenvalue weighted by Crippen LogP contribution is 2.67. The first-order valence-corrected chi connectivity index (χ1v) is 13.1. The van der Waals surface area contributed by atoms with Crippen molar-refractivity contribution in [1.82, 2.24) is 0 Å². The molecule has 5 rings (SSSR count). The zero-order chi connectivity index (χ0) is 22.7. The summed E-state index contributed by atoms with van der Waals surface area (Å²) in [5.74, 6) is 4.05. The molecule has 4 heteroatoms. The molecular formula is C28H42N2O2. The predicted molar refractivity (Wildman–Crippen MR) is 130 cm³/mol. The molecule has 176 valence electrons. The molecule has 0 saturated heterocycles. The Hall–Kier alpha value is -1.71. The maximum atomic E-state index is 12.8. The van der Waals surface area contributed by atoms with E-state index in [1.54, 1.807) is 18.2 Å². The first kappa shape index (κ1) is 22.1. The molecule has 4 aliphatic carbocycles. The molecule has 8 unspecified atom stereocenters. The fourth-order valence-corrected chi connectivity index (χ4v) is 9.12. The van der Waals surface area contributed by atoms with Gasteiger partial charge in [-0.1, -0.05) is 27.2 Å². The van der Waals surface area contributed by atoms with E-state index in [9.17, 15) is 4.79 Å². The van der Waals surface area contributed by atoms with Gasteiger partial charge in [0.25, 0.3) is 0 Å². The summed E-state index contributed by atoms with van der Waals surface area (Å²) in [5.41, 5.74) is 14.2. The lowest BCUT2D eigenvalue weighted by molar-refractivity contribution is -0.128. The Labute approximate surface area is 193 Å². The van der Waals surface area contributed by atoms with E-state index < -0.39 is 0 Å². The van der Waals surface area contributed by atoms with Gasteiger partial charge in [-0.25, -0.2) is 4.79 Å². The van der Waals surface area contributed by atoms with Crippen LogP contribution < -0.4 is 11.5 Å². The zero-order valence-electron chi connectivity index (χ0n) is 20.2. The normalized spacial score (nSPS) is 43.1. The number of anilines is 2. The molecule has 4 N–H and O–H groups in total. The van der Waals surface area contributed by atoms with Crippen LogP contribution in [0, 0.1) is 40.4 Å². The number of nitrogen functional groups attached to an aromatic ring is 2. The van der Waals surface area contributed by atoms with Crippen LogP contribution in [0.2, 0.25) is 0 Å². The predicted octanol–water partition coefficient (Wildman–Crippen LogP) is 6.45. The minimum atomic E-state index is -0.281. The Kier molecular flexibility index (Phi) is 5.49. The first-order chi connectivity index (χ1) is 15.2. The summed E-state index contributed by atoms with van der Waals surface area (Å²) >= 11 is 0. The fourth-order valence-electron chi connectivity index (χ4n) is 9.12. The van der Waals surface area contributed by atoms with Gasteiger partial charge in [0.2, 0.25) is 0 Å². The van der Waals surface area contributed by atoms with Crippen LogP contribution in [0.3, 0.4) is 0 Å². The third-order valence-electron chi connectivity index (χ3n) is 10.8. The van der Waals surface area contributed by atoms with E-state index in [-0.39, 0.29) is 12.1 Å². The molecule has 4 nitrogen and oxygen atoms in total. The Morgan fingerprint density at radius 1 is 0.938 bits per heavy atom. The molecule has 0 amide bonds. The Bertz CT molecular complexity index is 864. The summed E-state index contributed by atoms with van der Waals surface area (Å²) in [7, 11) is 0. The molecule has 1 aromatic rings. The van der Waals surface area contributed by atoms with Crippen LogP contribution in [0.5, 0.6) is 0 Å². The van der Waals surface area contributed by atoms with Crippen LogP contribution in [0.1, 0.15) is 95.3 Å². The van der Waals surface area contributed by atoms with Gasteiger partial charge in [-0.2, -0.15) is 0 Å². The van der Waals surface area contributed by atoms with Gasteiger partial charge in [0, 0.05) is 11.4 Å². The molecule has 32 heavy (non-hydrogen) atoms. The summed E-state index contributed by atoms with van der Waals surface area (Å²) < 4.78 is 5.98. The number of rotatable bonds is 3. The van der Waals surface area contributed by atoms with Gasteiger partial charge in [-0.05, 0) is 116 Å². The average Bonchev–Trinajstić information content (AvgIpc) is 3.09. The minimum absolute atomic E-state index is 0.0181. The first-order valence-electron chi connectivity index (χ1n) is 13.1. The highest BCUT2D eigenvalue weighted by Gasteiger charge is 2.59. The van der Waals surface area contributed by atoms with Crippen molar-refractivity contribution >= 4 is 17.3 Å². The summed E-state index contributed by atoms with van der Waals surface area (Å²) in [5, 5.41) is 0. The van der Waals surface area contributed by atoms with Crippen molar-refractivity contribution in [2.24, 2.45) is 40.4 Å². The maximum Gasteiger partial charge on any atom is 0.338 e. The van der Waals surface area contributed by atoms with Gasteiger partial charge in [0.1, 0.15) is 6.10 Å². The van der Waals surface area contributed by atoms with Crippen LogP contribution in [0.15, 0.2) is 18.2 Å². The lowest BCUT2D eigenvalue weighted by atomic mass is 9.44. The summed E-state index contributed by atoms with van der Waals surface area (Å²) in [6, 6.07) is 5.01. The zero-order valence-corrected chi connectivity index (χ0v) is 20.2. The van der Waals surface area contributed by atoms with Crippen molar-refractivity contribution in [3.63, 3.8) is 0 Å². The van der Waals surface area contributed by atoms with Crippen molar-refractivity contribution in [3.8, 4) is 0 Å². The van der Waals surface area contributed by atoms with E-state index in [4.69, 9.17) is 16.2 Å². The summed E-state index contributed by atoms with van der Waals surface area (Å²) in [4.78, 5) is 12.8. The molecule has 4 aliphatic rings. The fraction of sp³-hybridized carbons (Fsp3) is 0.750. The lowest BCUT2D eigenvalue weighted by Crippen LogP contribution is -2.54. The quantitative estimate of drug-likeness (QED) is 0.420. The molecule has 1 aromatic carbocycles. The standard InChI is InChI=1S/C28H42N2O2/c1-4-18-6-8-24-23-7-5-19-15-22(32-26(31)17-13-20(29)16-21(30)14-17)9-11-28(19,3)25(23)10-12-27(18,24)2/h13-14,16,18-19,22-25H,4-12,15,29-30H2,1-3H3. The van der Waals surface area contributed by atoms with Crippen LogP contribution in [0.4, 0.5) is 11.4 Å².